The van der Waals surface area contributed by atoms with Crippen molar-refractivity contribution in [2.45, 2.75) is 5.60 Å². The molecule has 2 aliphatic rings. The Kier molecular flexibility index (Phi) is 4.63. The Morgan fingerprint density at radius 2 is 1.00 bits per heavy atom. The molecule has 180 valence electrons. The molecule has 5 aromatic rings. The van der Waals surface area contributed by atoms with Gasteiger partial charge in [0.2, 0.25) is 0 Å². The van der Waals surface area contributed by atoms with Gasteiger partial charge in [0.05, 0.1) is 0 Å². The summed E-state index contributed by atoms with van der Waals surface area (Å²) in [6.45, 7) is -3.89. The van der Waals surface area contributed by atoms with E-state index in [9.17, 15) is 4.79 Å². The number of hydrogen-bond acceptors (Lipinski definition) is 2. The maximum atomic E-state index is 14.5. The zero-order valence-corrected chi connectivity index (χ0v) is 21.4. The van der Waals surface area contributed by atoms with E-state index in [4.69, 9.17) is 4.52 Å². The summed E-state index contributed by atoms with van der Waals surface area (Å²) in [5, 5.41) is 4.32. The fraction of sp³-hybridized carbons (Fsp3) is 0.0606. The van der Waals surface area contributed by atoms with Crippen LogP contribution in [0.2, 0.25) is 0 Å². The predicted molar refractivity (Wildman–Crippen MR) is 153 cm³/mol. The van der Waals surface area contributed by atoms with Gasteiger partial charge in [-0.05, 0) is 0 Å². The van der Waals surface area contributed by atoms with Crippen LogP contribution in [0.5, 0.6) is 0 Å². The number of benzene rings is 5. The molecule has 4 heteroatoms. The second-order valence-corrected chi connectivity index (χ2v) is 14.0. The Labute approximate surface area is 217 Å². The summed E-state index contributed by atoms with van der Waals surface area (Å²) >= 11 is 0. The first-order chi connectivity index (χ1) is 18.1. The normalized spacial score (nSPS) is 21.7. The quantitative estimate of drug-likeness (QED) is 0.327. The number of rotatable bonds is 3. The first-order valence-electron chi connectivity index (χ1n) is 12.5. The van der Waals surface area contributed by atoms with Gasteiger partial charge in [-0.2, -0.15) is 0 Å². The molecule has 37 heavy (non-hydrogen) atoms. The van der Waals surface area contributed by atoms with Gasteiger partial charge in [0, 0.05) is 0 Å². The summed E-state index contributed by atoms with van der Waals surface area (Å²) in [4.78, 5) is 16.2. The monoisotopic (exact) mass is 499 g/mol. The van der Waals surface area contributed by atoms with Crippen LogP contribution in [0.3, 0.4) is 0 Å². The van der Waals surface area contributed by atoms with Crippen LogP contribution in [0, 0.1) is 0 Å². The Morgan fingerprint density at radius 1 is 0.568 bits per heavy atom. The third-order valence-electron chi connectivity index (χ3n) is 8.06. The molecular formula is C33H26NO2P. The second-order valence-electron chi connectivity index (χ2n) is 9.71. The number of fused-ring (bicyclic) bond motifs is 4. The molecule has 0 unspecified atom stereocenters. The van der Waals surface area contributed by atoms with Gasteiger partial charge in [0.1, 0.15) is 0 Å². The van der Waals surface area contributed by atoms with Gasteiger partial charge in [-0.1, -0.05) is 0 Å². The van der Waals surface area contributed by atoms with Crippen molar-refractivity contribution in [1.29, 1.82) is 0 Å². The average Bonchev–Trinajstić information content (AvgIpc) is 3.39. The first-order valence-corrected chi connectivity index (χ1v) is 14.7. The van der Waals surface area contributed by atoms with Gasteiger partial charge in [-0.3, -0.25) is 0 Å². The number of carbonyl (C=O) groups is 1. The molecule has 2 aliphatic heterocycles. The van der Waals surface area contributed by atoms with Crippen LogP contribution in [0.25, 0.3) is 0 Å². The van der Waals surface area contributed by atoms with Gasteiger partial charge >= 0.3 is 217 Å². The van der Waals surface area contributed by atoms with E-state index in [0.29, 0.717) is 0 Å². The molecule has 0 radical (unpaired) electrons. The van der Waals surface area contributed by atoms with E-state index >= 15 is 0 Å². The van der Waals surface area contributed by atoms with Gasteiger partial charge in [0.15, 0.2) is 0 Å². The van der Waals surface area contributed by atoms with Crippen molar-refractivity contribution in [3.8, 4) is 0 Å². The zero-order chi connectivity index (χ0) is 25.1. The molecule has 0 saturated heterocycles. The molecule has 1 amide bonds. The third kappa shape index (κ3) is 2.51. The molecule has 0 bridgehead atoms. The molecule has 1 atom stereocenters. The fourth-order valence-electron chi connectivity index (χ4n) is 6.55. The van der Waals surface area contributed by atoms with Crippen molar-refractivity contribution < 1.29 is 9.32 Å². The van der Waals surface area contributed by atoms with Gasteiger partial charge in [-0.25, -0.2) is 0 Å². The van der Waals surface area contributed by atoms with E-state index < -0.39 is 12.4 Å². The molecule has 0 saturated carbocycles. The minimum absolute atomic E-state index is 0.0598. The minimum atomic E-state index is -3.89. The van der Waals surface area contributed by atoms with Gasteiger partial charge in [-0.15, -0.1) is 0 Å². The van der Waals surface area contributed by atoms with Crippen molar-refractivity contribution in [2.24, 2.45) is 0 Å². The van der Waals surface area contributed by atoms with Crippen LogP contribution < -0.4 is 26.1 Å². The number of nitrogens with zero attached hydrogens (tertiary/aromatic N) is 1. The van der Waals surface area contributed by atoms with Crippen LogP contribution in [0.4, 0.5) is 5.69 Å². The van der Waals surface area contributed by atoms with Crippen LogP contribution >= 0.6 is 6.83 Å². The molecule has 0 aromatic heterocycles. The van der Waals surface area contributed by atoms with E-state index in [0.717, 1.165) is 38.0 Å². The van der Waals surface area contributed by atoms with Crippen molar-refractivity contribution >= 4 is 39.6 Å². The van der Waals surface area contributed by atoms with E-state index in [1.165, 1.54) is 0 Å². The average molecular weight is 500 g/mol. The number of carbonyl (C=O) groups excluding carboxylic acids is 1. The molecule has 0 N–H and O–H groups in total. The summed E-state index contributed by atoms with van der Waals surface area (Å²) in [7, 11) is 1.85. The van der Waals surface area contributed by atoms with E-state index in [1.807, 2.05) is 55.6 Å². The van der Waals surface area contributed by atoms with Crippen LogP contribution in [0.1, 0.15) is 11.1 Å². The topological polar surface area (TPSA) is 29.5 Å². The summed E-state index contributed by atoms with van der Waals surface area (Å²) in [5.41, 5.74) is 1.44. The first kappa shape index (κ1) is 22.2. The van der Waals surface area contributed by atoms with Crippen LogP contribution in [-0.2, 0) is 14.9 Å². The van der Waals surface area contributed by atoms with E-state index in [1.54, 1.807) is 4.90 Å². The van der Waals surface area contributed by atoms with Crippen molar-refractivity contribution in [3.05, 3.63) is 151 Å². The Bertz CT molecular complexity index is 1550. The molecule has 5 aromatic carbocycles. The van der Waals surface area contributed by atoms with Crippen LogP contribution in [-0.4, -0.2) is 13.0 Å². The molecule has 0 fully saturated rings. The van der Waals surface area contributed by atoms with Crippen molar-refractivity contribution in [3.63, 3.8) is 0 Å². The predicted octanol–water partition coefficient (Wildman–Crippen LogP) is 5.01. The standard InChI is InChI=1S/C33H26NO2P/c1-34-30-23-13-11-21-28(30)33(32(34)35)29-22-12-14-24-31(29)37(36-33,25-15-5-2-6-16-25,26-17-7-3-8-18-26)27-19-9-4-10-20-27/h2-24H,1H3/t33-/m1/s1. The summed E-state index contributed by atoms with van der Waals surface area (Å²) in [5.74, 6) is -0.0598. The SMILES string of the molecule is CN1C(=O)[C@@]2(OP(c3ccccc3)(c3ccccc3)(c3ccccc3)c3ccccc32)c2ccccc21. The fourth-order valence-corrected chi connectivity index (χ4v) is 12.8. The zero-order valence-electron chi connectivity index (χ0n) is 20.5. The number of anilines is 1. The maximum absolute atomic E-state index is 14.5. The molecule has 2 heterocycles. The van der Waals surface area contributed by atoms with E-state index in [2.05, 4.69) is 91.0 Å². The number of hydrogen-bond donors (Lipinski definition) is 0. The second kappa shape index (κ2) is 7.73. The molecule has 3 nitrogen and oxygen atoms in total. The van der Waals surface area contributed by atoms with Crippen LogP contribution in [0.15, 0.2) is 140 Å². The van der Waals surface area contributed by atoms with Crippen molar-refractivity contribution in [1.82, 2.24) is 0 Å². The van der Waals surface area contributed by atoms with Gasteiger partial charge in [0.25, 0.3) is 0 Å². The molecule has 7 rings (SSSR count). The number of amides is 1. The molecule has 1 spiro atoms. The Hall–Kier alpha value is -4.04. The Balaban J connectivity index is 1.75. The molecular weight excluding hydrogens is 473 g/mol. The number of likely N-dealkylation sites (N-methyl/N-ethyl adjacent to an activating group) is 1. The van der Waals surface area contributed by atoms with Crippen molar-refractivity contribution in [2.75, 3.05) is 11.9 Å². The molecule has 0 aliphatic carbocycles. The third-order valence-corrected chi connectivity index (χ3v) is 13.9. The summed E-state index contributed by atoms with van der Waals surface area (Å²) in [6, 6.07) is 48.0. The number of para-hydroxylation sites is 1. The van der Waals surface area contributed by atoms with Gasteiger partial charge < -0.3 is 0 Å². The Morgan fingerprint density at radius 3 is 1.54 bits per heavy atom. The summed E-state index contributed by atoms with van der Waals surface area (Å²) in [6.07, 6.45) is 0. The van der Waals surface area contributed by atoms with E-state index in [-0.39, 0.29) is 5.91 Å². The summed E-state index contributed by atoms with van der Waals surface area (Å²) < 4.78 is 7.86.